The zero-order valence-corrected chi connectivity index (χ0v) is 19.8. The fraction of sp³-hybridized carbons (Fsp3) is 0.724. The van der Waals surface area contributed by atoms with Gasteiger partial charge in [-0.05, 0) is 80.4 Å². The van der Waals surface area contributed by atoms with Gasteiger partial charge in [-0.15, -0.1) is 0 Å². The third-order valence-electron chi connectivity index (χ3n) is 7.68. The van der Waals surface area contributed by atoms with Gasteiger partial charge in [0.2, 0.25) is 0 Å². The Hall–Kier alpha value is -1.24. The second kappa shape index (κ2) is 13.2. The van der Waals surface area contributed by atoms with Gasteiger partial charge in [-0.2, -0.15) is 0 Å². The van der Waals surface area contributed by atoms with E-state index in [9.17, 15) is 0 Å². The Bertz CT molecular complexity index is 606. The molecule has 1 aromatic carbocycles. The largest absolute Gasteiger partial charge is 0.494 e. The van der Waals surface area contributed by atoms with Gasteiger partial charge in [0.05, 0.1) is 6.61 Å². The number of hydrogen-bond acceptors (Lipinski definition) is 1. The molecular weight excluding hydrogens is 364 g/mol. The van der Waals surface area contributed by atoms with E-state index in [1.54, 1.807) is 5.57 Å². The quantitative estimate of drug-likeness (QED) is 0.247. The van der Waals surface area contributed by atoms with Gasteiger partial charge >= 0.3 is 0 Å². The highest BCUT2D eigenvalue weighted by Gasteiger charge is 2.22. The van der Waals surface area contributed by atoms with E-state index in [0.29, 0.717) is 0 Å². The van der Waals surface area contributed by atoms with E-state index in [2.05, 4.69) is 44.2 Å². The number of allylic oxidation sites excluding steroid dienone is 2. The Morgan fingerprint density at radius 3 is 2.10 bits per heavy atom. The monoisotopic (exact) mass is 410 g/mol. The second-order valence-electron chi connectivity index (χ2n) is 10.1. The third kappa shape index (κ3) is 8.12. The van der Waals surface area contributed by atoms with Crippen LogP contribution in [0.3, 0.4) is 0 Å². The summed E-state index contributed by atoms with van der Waals surface area (Å²) in [5, 5.41) is 0. The van der Waals surface area contributed by atoms with E-state index in [-0.39, 0.29) is 0 Å². The van der Waals surface area contributed by atoms with Crippen molar-refractivity contribution >= 4 is 0 Å². The van der Waals surface area contributed by atoms with Gasteiger partial charge < -0.3 is 4.74 Å². The van der Waals surface area contributed by atoms with Gasteiger partial charge in [-0.1, -0.05) is 89.0 Å². The summed E-state index contributed by atoms with van der Waals surface area (Å²) in [7, 11) is 0. The first-order valence-corrected chi connectivity index (χ1v) is 13.2. The van der Waals surface area contributed by atoms with Crippen LogP contribution < -0.4 is 4.74 Å². The van der Waals surface area contributed by atoms with Crippen LogP contribution in [0.4, 0.5) is 0 Å². The van der Waals surface area contributed by atoms with Crippen LogP contribution in [0.1, 0.15) is 109 Å². The normalized spacial score (nSPS) is 24.5. The lowest BCUT2D eigenvalue weighted by atomic mass is 9.76. The molecule has 2 aliphatic carbocycles. The first kappa shape index (κ1) is 23.4. The van der Waals surface area contributed by atoms with Crippen molar-refractivity contribution in [2.24, 2.45) is 17.8 Å². The average molecular weight is 411 g/mol. The van der Waals surface area contributed by atoms with Gasteiger partial charge in [0, 0.05) is 0 Å². The molecule has 1 nitrogen and oxygen atoms in total. The number of aryl methyl sites for hydroxylation is 1. The molecule has 1 heteroatoms. The highest BCUT2D eigenvalue weighted by molar-refractivity contribution is 5.28. The number of unbranched alkanes of at least 4 members (excludes halogenated alkanes) is 1. The van der Waals surface area contributed by atoms with E-state index in [4.69, 9.17) is 4.74 Å². The smallest absolute Gasteiger partial charge is 0.119 e. The van der Waals surface area contributed by atoms with E-state index < -0.39 is 0 Å². The van der Waals surface area contributed by atoms with Gasteiger partial charge in [0.1, 0.15) is 5.75 Å². The molecule has 1 atom stereocenters. The van der Waals surface area contributed by atoms with Gasteiger partial charge in [-0.3, -0.25) is 0 Å². The summed E-state index contributed by atoms with van der Waals surface area (Å²) in [4.78, 5) is 0. The van der Waals surface area contributed by atoms with Gasteiger partial charge in [-0.25, -0.2) is 0 Å². The zero-order chi connectivity index (χ0) is 21.0. The minimum atomic E-state index is 0.837. The Morgan fingerprint density at radius 1 is 0.767 bits per heavy atom. The molecule has 0 radical (unpaired) electrons. The van der Waals surface area contributed by atoms with Crippen LogP contribution in [0.2, 0.25) is 0 Å². The summed E-state index contributed by atoms with van der Waals surface area (Å²) in [6.07, 6.45) is 23.3. The molecule has 1 aromatic rings. The van der Waals surface area contributed by atoms with Gasteiger partial charge in [0.15, 0.2) is 0 Å². The van der Waals surface area contributed by atoms with Crippen molar-refractivity contribution < 1.29 is 4.74 Å². The summed E-state index contributed by atoms with van der Waals surface area (Å²) in [6.45, 7) is 5.38. The SMILES string of the molecule is CCCCOc1ccc(CCC2=CCC(CC[C@H]3CC[C@H](CCC)CC3)CC2)cc1. The minimum Gasteiger partial charge on any atom is -0.494 e. The number of hydrogen-bond donors (Lipinski definition) is 0. The molecule has 1 unspecified atom stereocenters. The lowest BCUT2D eigenvalue weighted by Crippen LogP contribution is -2.16. The summed E-state index contributed by atoms with van der Waals surface area (Å²) < 4.78 is 5.78. The number of ether oxygens (including phenoxy) is 1. The molecule has 2 aliphatic rings. The van der Waals surface area contributed by atoms with Crippen LogP contribution >= 0.6 is 0 Å². The summed E-state index contributed by atoms with van der Waals surface area (Å²) in [5.41, 5.74) is 3.15. The maximum absolute atomic E-state index is 5.78. The minimum absolute atomic E-state index is 0.837. The Labute approximate surface area is 186 Å². The Balaban J connectivity index is 1.30. The molecule has 0 N–H and O–H groups in total. The van der Waals surface area contributed by atoms with Crippen LogP contribution in [0.15, 0.2) is 35.9 Å². The lowest BCUT2D eigenvalue weighted by molar-refractivity contribution is 0.236. The Morgan fingerprint density at radius 2 is 1.47 bits per heavy atom. The molecule has 0 amide bonds. The van der Waals surface area contributed by atoms with Crippen molar-refractivity contribution in [3.63, 3.8) is 0 Å². The van der Waals surface area contributed by atoms with E-state index in [1.807, 2.05) is 0 Å². The molecule has 3 rings (SSSR count). The van der Waals surface area contributed by atoms with Crippen LogP contribution in [-0.2, 0) is 6.42 Å². The first-order valence-electron chi connectivity index (χ1n) is 13.2. The predicted molar refractivity (Wildman–Crippen MR) is 130 cm³/mol. The first-order chi connectivity index (χ1) is 14.8. The molecule has 1 fully saturated rings. The number of rotatable bonds is 12. The molecule has 168 valence electrons. The fourth-order valence-electron chi connectivity index (χ4n) is 5.51. The van der Waals surface area contributed by atoms with Gasteiger partial charge in [0.25, 0.3) is 0 Å². The Kier molecular flexibility index (Phi) is 10.3. The zero-order valence-electron chi connectivity index (χ0n) is 19.8. The van der Waals surface area contributed by atoms with Crippen molar-refractivity contribution in [3.05, 3.63) is 41.5 Å². The van der Waals surface area contributed by atoms with E-state index in [0.717, 1.165) is 36.5 Å². The maximum atomic E-state index is 5.78. The predicted octanol–water partition coefficient (Wildman–Crippen LogP) is 8.91. The highest BCUT2D eigenvalue weighted by Crippen LogP contribution is 2.36. The number of benzene rings is 1. The molecule has 0 saturated heterocycles. The maximum Gasteiger partial charge on any atom is 0.119 e. The lowest BCUT2D eigenvalue weighted by Gasteiger charge is -2.30. The highest BCUT2D eigenvalue weighted by atomic mass is 16.5. The van der Waals surface area contributed by atoms with E-state index in [1.165, 1.54) is 95.5 Å². The van der Waals surface area contributed by atoms with Crippen molar-refractivity contribution in [3.8, 4) is 5.75 Å². The molecule has 0 bridgehead atoms. The summed E-state index contributed by atoms with van der Waals surface area (Å²) in [6, 6.07) is 8.80. The van der Waals surface area contributed by atoms with Crippen LogP contribution in [0.25, 0.3) is 0 Å². The van der Waals surface area contributed by atoms with Crippen molar-refractivity contribution in [1.29, 1.82) is 0 Å². The van der Waals surface area contributed by atoms with E-state index >= 15 is 0 Å². The molecule has 0 heterocycles. The molecule has 1 saturated carbocycles. The molecule has 0 spiro atoms. The third-order valence-corrected chi connectivity index (χ3v) is 7.68. The topological polar surface area (TPSA) is 9.23 Å². The van der Waals surface area contributed by atoms with Crippen molar-refractivity contribution in [1.82, 2.24) is 0 Å². The molecule has 0 aliphatic heterocycles. The summed E-state index contributed by atoms with van der Waals surface area (Å²) in [5.74, 6) is 4.07. The fourth-order valence-corrected chi connectivity index (χ4v) is 5.51. The molecular formula is C29H46O. The average Bonchev–Trinajstić information content (AvgIpc) is 2.79. The molecule has 0 aromatic heterocycles. The van der Waals surface area contributed by atoms with Crippen LogP contribution in [0.5, 0.6) is 5.75 Å². The molecule has 30 heavy (non-hydrogen) atoms. The van der Waals surface area contributed by atoms with Crippen molar-refractivity contribution in [2.45, 2.75) is 110 Å². The van der Waals surface area contributed by atoms with Crippen LogP contribution in [-0.4, -0.2) is 6.61 Å². The summed E-state index contributed by atoms with van der Waals surface area (Å²) >= 11 is 0. The van der Waals surface area contributed by atoms with Crippen molar-refractivity contribution in [2.75, 3.05) is 6.61 Å². The van der Waals surface area contributed by atoms with Crippen LogP contribution in [0, 0.1) is 17.8 Å². The standard InChI is InChI=1S/C29H46O/c1-3-5-23-30-29-21-19-28(20-22-29)18-17-27-15-13-26(14-16-27)12-11-25-9-7-24(6-4-2)8-10-25/h15,19-22,24-26H,3-14,16-18,23H2,1-2H3/t24-,25-,26?. The second-order valence-corrected chi connectivity index (χ2v) is 10.1.